The highest BCUT2D eigenvalue weighted by Crippen LogP contribution is 2.41. The lowest BCUT2D eigenvalue weighted by Crippen LogP contribution is -2.41. The highest BCUT2D eigenvalue weighted by molar-refractivity contribution is 5.88. The van der Waals surface area contributed by atoms with Gasteiger partial charge in [0.25, 0.3) is 0 Å². The van der Waals surface area contributed by atoms with E-state index in [0.29, 0.717) is 5.75 Å². The number of hydrogen-bond acceptors (Lipinski definition) is 2. The first-order valence-corrected chi connectivity index (χ1v) is 11.4. The van der Waals surface area contributed by atoms with Gasteiger partial charge in [-0.3, -0.25) is 4.90 Å². The van der Waals surface area contributed by atoms with Crippen LogP contribution in [0.15, 0.2) is 97.1 Å². The van der Waals surface area contributed by atoms with E-state index in [1.807, 2.05) is 36.4 Å². The molecule has 2 heteroatoms. The zero-order valence-electron chi connectivity index (χ0n) is 18.1. The van der Waals surface area contributed by atoms with Crippen molar-refractivity contribution in [1.82, 2.24) is 4.90 Å². The normalized spacial score (nSPS) is 17.4. The summed E-state index contributed by atoms with van der Waals surface area (Å²) >= 11 is 0. The van der Waals surface area contributed by atoms with Gasteiger partial charge in [0.05, 0.1) is 12.1 Å². The summed E-state index contributed by atoms with van der Waals surface area (Å²) in [6, 6.07) is 33.0. The molecule has 4 aromatic carbocycles. The summed E-state index contributed by atoms with van der Waals surface area (Å²) in [4.78, 5) is 2.50. The third-order valence-corrected chi connectivity index (χ3v) is 6.37. The number of phenols is 1. The van der Waals surface area contributed by atoms with E-state index >= 15 is 0 Å². The molecule has 2 atom stereocenters. The molecule has 0 spiro atoms. The van der Waals surface area contributed by atoms with Gasteiger partial charge in [-0.1, -0.05) is 90.7 Å². The maximum Gasteiger partial charge on any atom is 0.121 e. The third kappa shape index (κ3) is 4.13. The van der Waals surface area contributed by atoms with Gasteiger partial charge in [-0.15, -0.1) is 0 Å². The quantitative estimate of drug-likeness (QED) is 0.383. The van der Waals surface area contributed by atoms with Crippen LogP contribution in [0.5, 0.6) is 5.75 Å². The smallest absolute Gasteiger partial charge is 0.121 e. The number of phenolic OH excluding ortho intramolecular Hbond substituents is 1. The van der Waals surface area contributed by atoms with Gasteiger partial charge in [0, 0.05) is 17.7 Å². The van der Waals surface area contributed by atoms with Gasteiger partial charge in [-0.05, 0) is 53.8 Å². The Morgan fingerprint density at radius 3 is 2.31 bits per heavy atom. The topological polar surface area (TPSA) is 23.5 Å². The van der Waals surface area contributed by atoms with Crippen LogP contribution in [0.4, 0.5) is 0 Å². The Hall–Kier alpha value is -3.54. The molecule has 0 amide bonds. The highest BCUT2D eigenvalue weighted by Gasteiger charge is 2.32. The minimum Gasteiger partial charge on any atom is -0.508 e. The number of piperidine rings is 1. The lowest BCUT2D eigenvalue weighted by molar-refractivity contribution is 0.147. The highest BCUT2D eigenvalue weighted by atomic mass is 16.3. The van der Waals surface area contributed by atoms with E-state index < -0.39 is 0 Å². The molecule has 0 radical (unpaired) electrons. The number of hydrogen-bond donors (Lipinski definition) is 1. The van der Waals surface area contributed by atoms with Crippen LogP contribution in [0.1, 0.15) is 42.0 Å². The van der Waals surface area contributed by atoms with Crippen molar-refractivity contribution in [2.75, 3.05) is 6.54 Å². The standard InChI is InChI=1S/C30H27NO/c32-28-21-19-24-13-7-8-17-27(24)29(28)30(25-14-5-2-6-15-25)31-22-10-9-16-26(31)20-18-23-11-3-1-4-12-23/h1-8,11-15,17,19,21,26,30,32H,9-10,16,22H2/t26-,30+/m0/s1. The van der Waals surface area contributed by atoms with E-state index in [2.05, 4.69) is 77.4 Å². The molecule has 1 fully saturated rings. The van der Waals surface area contributed by atoms with Crippen LogP contribution in [0, 0.1) is 11.8 Å². The molecule has 1 N–H and O–H groups in total. The summed E-state index contributed by atoms with van der Waals surface area (Å²) in [7, 11) is 0. The molecule has 0 bridgehead atoms. The van der Waals surface area contributed by atoms with Gasteiger partial charge in [-0.2, -0.15) is 0 Å². The van der Waals surface area contributed by atoms with Crippen molar-refractivity contribution < 1.29 is 5.11 Å². The van der Waals surface area contributed by atoms with Gasteiger partial charge in [0.1, 0.15) is 5.75 Å². The number of rotatable bonds is 3. The van der Waals surface area contributed by atoms with Crippen LogP contribution in [-0.4, -0.2) is 22.6 Å². The molecule has 1 saturated heterocycles. The summed E-state index contributed by atoms with van der Waals surface area (Å²) < 4.78 is 0. The molecule has 2 nitrogen and oxygen atoms in total. The minimum atomic E-state index is -0.0577. The molecule has 0 aromatic heterocycles. The number of aromatic hydroxyl groups is 1. The van der Waals surface area contributed by atoms with E-state index in [-0.39, 0.29) is 12.1 Å². The molecule has 0 unspecified atom stereocenters. The SMILES string of the molecule is Oc1ccc2ccccc2c1[C@@H](c1ccccc1)N1CCCC[C@H]1C#Cc1ccccc1. The molecular weight excluding hydrogens is 390 g/mol. The largest absolute Gasteiger partial charge is 0.508 e. The fourth-order valence-corrected chi connectivity index (χ4v) is 4.84. The molecule has 1 aliphatic rings. The van der Waals surface area contributed by atoms with Crippen molar-refractivity contribution in [2.45, 2.75) is 31.3 Å². The average molecular weight is 418 g/mol. The number of benzene rings is 4. The zero-order valence-corrected chi connectivity index (χ0v) is 18.1. The van der Waals surface area contributed by atoms with Gasteiger partial charge < -0.3 is 5.11 Å². The van der Waals surface area contributed by atoms with Gasteiger partial charge >= 0.3 is 0 Å². The second-order valence-corrected chi connectivity index (χ2v) is 8.42. The Morgan fingerprint density at radius 1 is 0.781 bits per heavy atom. The van der Waals surface area contributed by atoms with Crippen molar-refractivity contribution in [3.63, 3.8) is 0 Å². The van der Waals surface area contributed by atoms with Crippen LogP contribution in [0.3, 0.4) is 0 Å². The first-order chi connectivity index (χ1) is 15.8. The molecule has 0 saturated carbocycles. The predicted molar refractivity (Wildman–Crippen MR) is 132 cm³/mol. The first kappa shape index (κ1) is 20.4. The van der Waals surface area contributed by atoms with Crippen LogP contribution in [-0.2, 0) is 0 Å². The van der Waals surface area contributed by atoms with Crippen molar-refractivity contribution >= 4 is 10.8 Å². The maximum atomic E-state index is 11.1. The van der Waals surface area contributed by atoms with E-state index in [9.17, 15) is 5.11 Å². The zero-order chi connectivity index (χ0) is 21.8. The molecule has 158 valence electrons. The fourth-order valence-electron chi connectivity index (χ4n) is 4.84. The Morgan fingerprint density at radius 2 is 1.50 bits per heavy atom. The average Bonchev–Trinajstić information content (AvgIpc) is 2.86. The molecule has 1 aliphatic heterocycles. The lowest BCUT2D eigenvalue weighted by atomic mass is 9.88. The number of nitrogens with zero attached hydrogens (tertiary/aromatic N) is 1. The number of fused-ring (bicyclic) bond motifs is 1. The lowest BCUT2D eigenvalue weighted by Gasteiger charge is -2.40. The van der Waals surface area contributed by atoms with Crippen molar-refractivity contribution in [3.8, 4) is 17.6 Å². The third-order valence-electron chi connectivity index (χ3n) is 6.37. The first-order valence-electron chi connectivity index (χ1n) is 11.4. The second kappa shape index (κ2) is 9.30. The van der Waals surface area contributed by atoms with Gasteiger partial charge in [0.15, 0.2) is 0 Å². The Labute approximate surface area is 190 Å². The van der Waals surface area contributed by atoms with E-state index in [0.717, 1.165) is 41.3 Å². The van der Waals surface area contributed by atoms with Crippen LogP contribution >= 0.6 is 0 Å². The Kier molecular flexibility index (Phi) is 5.92. The van der Waals surface area contributed by atoms with E-state index in [1.54, 1.807) is 0 Å². The summed E-state index contributed by atoms with van der Waals surface area (Å²) in [6.45, 7) is 0.955. The molecule has 0 aliphatic carbocycles. The molecule has 1 heterocycles. The summed E-state index contributed by atoms with van der Waals surface area (Å²) in [5.41, 5.74) is 3.21. The van der Waals surface area contributed by atoms with E-state index in [1.165, 1.54) is 12.0 Å². The summed E-state index contributed by atoms with van der Waals surface area (Å²) in [5.74, 6) is 7.31. The fraction of sp³-hybridized carbons (Fsp3) is 0.200. The monoisotopic (exact) mass is 417 g/mol. The van der Waals surface area contributed by atoms with Crippen molar-refractivity contribution in [2.24, 2.45) is 0 Å². The van der Waals surface area contributed by atoms with Crippen LogP contribution in [0.2, 0.25) is 0 Å². The maximum absolute atomic E-state index is 11.1. The van der Waals surface area contributed by atoms with Gasteiger partial charge in [-0.25, -0.2) is 0 Å². The molecular formula is C30H27NO. The Balaban J connectivity index is 1.65. The molecule has 32 heavy (non-hydrogen) atoms. The van der Waals surface area contributed by atoms with Gasteiger partial charge in [0.2, 0.25) is 0 Å². The van der Waals surface area contributed by atoms with E-state index in [4.69, 9.17) is 0 Å². The minimum absolute atomic E-state index is 0.0577. The van der Waals surface area contributed by atoms with Crippen LogP contribution in [0.25, 0.3) is 10.8 Å². The molecule has 5 rings (SSSR count). The Bertz CT molecular complexity index is 1250. The predicted octanol–water partition coefficient (Wildman–Crippen LogP) is 6.54. The van der Waals surface area contributed by atoms with Crippen molar-refractivity contribution in [3.05, 3.63) is 114 Å². The molecule has 4 aromatic rings. The number of likely N-dealkylation sites (tertiary alicyclic amines) is 1. The summed E-state index contributed by atoms with van der Waals surface area (Å²) in [5, 5.41) is 13.3. The summed E-state index contributed by atoms with van der Waals surface area (Å²) in [6.07, 6.45) is 3.35. The van der Waals surface area contributed by atoms with Crippen molar-refractivity contribution in [1.29, 1.82) is 0 Å². The second-order valence-electron chi connectivity index (χ2n) is 8.42. The van der Waals surface area contributed by atoms with Crippen LogP contribution < -0.4 is 0 Å².